The number of nitrogens with zero attached hydrogens (tertiary/aromatic N) is 3. The second-order valence-corrected chi connectivity index (χ2v) is 4.93. The lowest BCUT2D eigenvalue weighted by molar-refractivity contribution is -0.151. The minimum atomic E-state index is -0.604. The molecule has 102 valence electrons. The Labute approximate surface area is 108 Å². The molecule has 1 saturated carbocycles. The van der Waals surface area contributed by atoms with Crippen molar-refractivity contribution in [3.63, 3.8) is 0 Å². The Bertz CT molecular complexity index is 324. The number of carbonyl (C=O) groups excluding carboxylic acids is 1. The largest absolute Gasteiger partial charge is 0.465 e. The summed E-state index contributed by atoms with van der Waals surface area (Å²) in [5.41, 5.74) is 7.57. The first kappa shape index (κ1) is 14.8. The molecule has 0 radical (unpaired) electrons. The molecule has 0 aromatic heterocycles. The first-order chi connectivity index (χ1) is 8.62. The van der Waals surface area contributed by atoms with Crippen LogP contribution in [0.15, 0.2) is 5.11 Å². The Balaban J connectivity index is 2.42. The van der Waals surface area contributed by atoms with E-state index in [1.54, 1.807) is 0 Å². The van der Waals surface area contributed by atoms with Gasteiger partial charge in [-0.15, -0.1) is 0 Å². The fraction of sp³-hybridized carbons (Fsp3) is 0.917. The minimum absolute atomic E-state index is 0.180. The Morgan fingerprint density at radius 1 is 1.61 bits per heavy atom. The highest BCUT2D eigenvalue weighted by Gasteiger charge is 2.39. The van der Waals surface area contributed by atoms with E-state index in [4.69, 9.17) is 10.3 Å². The Morgan fingerprint density at radius 3 is 2.89 bits per heavy atom. The number of rotatable bonds is 9. The van der Waals surface area contributed by atoms with E-state index in [0.717, 1.165) is 12.8 Å². The zero-order valence-electron chi connectivity index (χ0n) is 11.2. The highest BCUT2D eigenvalue weighted by atomic mass is 16.5. The zero-order chi connectivity index (χ0) is 13.4. The highest BCUT2D eigenvalue weighted by molar-refractivity contribution is 5.80. The van der Waals surface area contributed by atoms with Gasteiger partial charge in [0.2, 0.25) is 0 Å². The van der Waals surface area contributed by atoms with Crippen LogP contribution in [-0.4, -0.2) is 31.2 Å². The maximum absolute atomic E-state index is 12.0. The van der Waals surface area contributed by atoms with E-state index in [2.05, 4.69) is 15.3 Å². The van der Waals surface area contributed by atoms with Gasteiger partial charge in [-0.1, -0.05) is 18.0 Å². The first-order valence-electron chi connectivity index (χ1n) is 6.55. The van der Waals surface area contributed by atoms with Crippen molar-refractivity contribution in [3.05, 3.63) is 10.4 Å². The van der Waals surface area contributed by atoms with E-state index in [1.165, 1.54) is 12.8 Å². The monoisotopic (exact) mass is 254 g/mol. The van der Waals surface area contributed by atoms with Gasteiger partial charge in [-0.2, -0.15) is 0 Å². The summed E-state index contributed by atoms with van der Waals surface area (Å²) in [6.45, 7) is 5.22. The minimum Gasteiger partial charge on any atom is -0.465 e. The predicted molar refractivity (Wildman–Crippen MR) is 69.0 cm³/mol. The van der Waals surface area contributed by atoms with Crippen molar-refractivity contribution in [2.24, 2.45) is 11.0 Å². The van der Waals surface area contributed by atoms with Crippen molar-refractivity contribution in [2.75, 3.05) is 19.7 Å². The van der Waals surface area contributed by atoms with Gasteiger partial charge in [0.05, 0.1) is 6.61 Å². The Hall–Kier alpha value is -1.26. The van der Waals surface area contributed by atoms with Crippen LogP contribution in [0.5, 0.6) is 0 Å². The molecule has 1 rings (SSSR count). The lowest BCUT2D eigenvalue weighted by Gasteiger charge is -2.28. The van der Waals surface area contributed by atoms with E-state index in [9.17, 15) is 4.79 Å². The smallest absolute Gasteiger partial charge is 0.326 e. The van der Waals surface area contributed by atoms with Crippen molar-refractivity contribution in [2.45, 2.75) is 45.1 Å². The van der Waals surface area contributed by atoms with Gasteiger partial charge in [0.25, 0.3) is 0 Å². The number of esters is 1. The highest BCUT2D eigenvalue weighted by Crippen LogP contribution is 2.37. The third kappa shape index (κ3) is 4.94. The van der Waals surface area contributed by atoms with Crippen molar-refractivity contribution < 1.29 is 9.53 Å². The number of hydrogen-bond acceptors (Lipinski definition) is 4. The molecular weight excluding hydrogens is 232 g/mol. The molecule has 6 nitrogen and oxygen atoms in total. The average Bonchev–Trinajstić information content (AvgIpc) is 3.13. The van der Waals surface area contributed by atoms with Crippen LogP contribution < -0.4 is 5.32 Å². The van der Waals surface area contributed by atoms with Gasteiger partial charge in [-0.25, -0.2) is 0 Å². The maximum Gasteiger partial charge on any atom is 0.326 e. The van der Waals surface area contributed by atoms with Crippen molar-refractivity contribution in [3.8, 4) is 0 Å². The van der Waals surface area contributed by atoms with E-state index in [0.29, 0.717) is 25.6 Å². The summed E-state index contributed by atoms with van der Waals surface area (Å²) in [5.74, 6) is 0.463. The van der Waals surface area contributed by atoms with Gasteiger partial charge in [-0.3, -0.25) is 4.79 Å². The van der Waals surface area contributed by atoms with Crippen LogP contribution in [0.25, 0.3) is 10.4 Å². The summed E-state index contributed by atoms with van der Waals surface area (Å²) < 4.78 is 5.13. The van der Waals surface area contributed by atoms with Crippen LogP contribution in [0.1, 0.15) is 39.5 Å². The molecule has 0 amide bonds. The first-order valence-corrected chi connectivity index (χ1v) is 6.55. The summed E-state index contributed by atoms with van der Waals surface area (Å²) in [5, 5.41) is 6.72. The van der Waals surface area contributed by atoms with Gasteiger partial charge < -0.3 is 10.1 Å². The fourth-order valence-corrected chi connectivity index (χ4v) is 1.98. The van der Waals surface area contributed by atoms with Gasteiger partial charge in [0.15, 0.2) is 0 Å². The van der Waals surface area contributed by atoms with Crippen LogP contribution in [0.2, 0.25) is 0 Å². The summed E-state index contributed by atoms with van der Waals surface area (Å²) in [4.78, 5) is 14.7. The lowest BCUT2D eigenvalue weighted by atomic mass is 9.94. The molecule has 1 aliphatic rings. The SMILES string of the molecule is CCOC(=O)C(C)(CC1CC1)NCCCN=[N+]=[N-]. The quantitative estimate of drug-likeness (QED) is 0.225. The number of carbonyl (C=O) groups is 1. The van der Waals surface area contributed by atoms with Crippen LogP contribution in [-0.2, 0) is 9.53 Å². The summed E-state index contributed by atoms with van der Waals surface area (Å²) in [6, 6.07) is 0. The molecule has 0 bridgehead atoms. The van der Waals surface area contributed by atoms with Crippen molar-refractivity contribution >= 4 is 5.97 Å². The van der Waals surface area contributed by atoms with Gasteiger partial charge >= 0.3 is 5.97 Å². The third-order valence-electron chi connectivity index (χ3n) is 3.13. The fourth-order valence-electron chi connectivity index (χ4n) is 1.98. The third-order valence-corrected chi connectivity index (χ3v) is 3.13. The molecule has 6 heteroatoms. The molecular formula is C12H22N4O2. The molecule has 0 aliphatic heterocycles. The van der Waals surface area contributed by atoms with Gasteiger partial charge in [0.1, 0.15) is 5.54 Å². The van der Waals surface area contributed by atoms with Crippen LogP contribution >= 0.6 is 0 Å². The predicted octanol–water partition coefficient (Wildman–Crippen LogP) is 2.40. The zero-order valence-corrected chi connectivity index (χ0v) is 11.2. The Morgan fingerprint density at radius 2 is 2.33 bits per heavy atom. The normalized spacial score (nSPS) is 17.7. The summed E-state index contributed by atoms with van der Waals surface area (Å²) >= 11 is 0. The molecule has 1 fully saturated rings. The van der Waals surface area contributed by atoms with Gasteiger partial charge in [-0.05, 0) is 44.7 Å². The van der Waals surface area contributed by atoms with Crippen LogP contribution in [0.4, 0.5) is 0 Å². The van der Waals surface area contributed by atoms with Crippen LogP contribution in [0.3, 0.4) is 0 Å². The molecule has 0 spiro atoms. The molecule has 1 aliphatic carbocycles. The number of azide groups is 1. The van der Waals surface area contributed by atoms with Crippen molar-refractivity contribution in [1.29, 1.82) is 0 Å². The molecule has 1 unspecified atom stereocenters. The van der Waals surface area contributed by atoms with E-state index in [1.807, 2.05) is 13.8 Å². The maximum atomic E-state index is 12.0. The van der Waals surface area contributed by atoms with Crippen molar-refractivity contribution in [1.82, 2.24) is 5.32 Å². The standard InChI is InChI=1S/C12H22N4O2/c1-3-18-11(17)12(2,9-10-5-6-10)14-7-4-8-15-16-13/h10,14H,3-9H2,1-2H3. The average molecular weight is 254 g/mol. The number of hydrogen-bond donors (Lipinski definition) is 1. The second kappa shape index (κ2) is 7.24. The summed E-state index contributed by atoms with van der Waals surface area (Å²) in [7, 11) is 0. The lowest BCUT2D eigenvalue weighted by Crippen LogP contribution is -2.51. The molecule has 18 heavy (non-hydrogen) atoms. The van der Waals surface area contributed by atoms with E-state index < -0.39 is 5.54 Å². The van der Waals surface area contributed by atoms with E-state index in [-0.39, 0.29) is 5.97 Å². The molecule has 0 saturated heterocycles. The van der Waals surface area contributed by atoms with E-state index >= 15 is 0 Å². The Kier molecular flexibility index (Phi) is 5.95. The number of ether oxygens (including phenoxy) is 1. The number of nitrogens with one attached hydrogen (secondary N) is 1. The second-order valence-electron chi connectivity index (χ2n) is 4.93. The molecule has 1 atom stereocenters. The molecule has 1 N–H and O–H groups in total. The van der Waals surface area contributed by atoms with Crippen LogP contribution in [0, 0.1) is 5.92 Å². The molecule has 0 aromatic carbocycles. The molecule has 0 aromatic rings. The van der Waals surface area contributed by atoms with Gasteiger partial charge in [0, 0.05) is 11.5 Å². The topological polar surface area (TPSA) is 87.1 Å². The molecule has 0 heterocycles. The summed E-state index contributed by atoms with van der Waals surface area (Å²) in [6.07, 6.45) is 3.96.